The Morgan fingerprint density at radius 3 is 2.50 bits per heavy atom. The molecular weight excluding hydrogens is 336 g/mol. The van der Waals surface area contributed by atoms with Crippen LogP contribution in [0.5, 0.6) is 5.75 Å². The highest BCUT2D eigenvalue weighted by molar-refractivity contribution is 5.90. The number of benzene rings is 2. The Morgan fingerprint density at radius 1 is 1.19 bits per heavy atom. The van der Waals surface area contributed by atoms with Crippen molar-refractivity contribution in [2.75, 3.05) is 6.54 Å². The summed E-state index contributed by atoms with van der Waals surface area (Å²) in [5.41, 5.74) is 1.14. The van der Waals surface area contributed by atoms with E-state index in [0.29, 0.717) is 12.0 Å². The van der Waals surface area contributed by atoms with E-state index in [2.05, 4.69) is 5.29 Å². The number of aliphatic hydroxyl groups is 1. The Morgan fingerprint density at radius 2 is 1.88 bits per heavy atom. The van der Waals surface area contributed by atoms with Gasteiger partial charge in [-0.2, -0.15) is 0 Å². The van der Waals surface area contributed by atoms with Gasteiger partial charge in [0, 0.05) is 6.04 Å². The lowest BCUT2D eigenvalue weighted by atomic mass is 10.0. The van der Waals surface area contributed by atoms with Gasteiger partial charge in [0.15, 0.2) is 0 Å². The summed E-state index contributed by atoms with van der Waals surface area (Å²) >= 11 is 0. The summed E-state index contributed by atoms with van der Waals surface area (Å²) in [5, 5.41) is 33.2. The van der Waals surface area contributed by atoms with Gasteiger partial charge in [0.1, 0.15) is 11.3 Å². The van der Waals surface area contributed by atoms with E-state index in [9.17, 15) is 19.9 Å². The number of carboxylic acid groups (broad SMARTS) is 1. The van der Waals surface area contributed by atoms with Gasteiger partial charge in [0.05, 0.1) is 17.9 Å². The Bertz CT molecular complexity index is 751. The number of hydrogen-bond donors (Lipinski definition) is 3. The predicted molar refractivity (Wildman–Crippen MR) is 96.8 cm³/mol. The van der Waals surface area contributed by atoms with Crippen LogP contribution in [0.15, 0.2) is 53.8 Å². The third kappa shape index (κ3) is 5.03. The standard InChI is InChI=1S/C19H22N2O5/c1-13(7-8-14-5-3-2-4-6-14)21(20-26)12-18(23)15-9-10-17(22)16(11-15)19(24)25/h2-6,9-11,13,18,22-23H,7-8,12H2,1H3,(H,24,25). The molecule has 3 N–H and O–H groups in total. The number of hydrogen-bond acceptors (Lipinski definition) is 5. The van der Waals surface area contributed by atoms with E-state index in [1.807, 2.05) is 37.3 Å². The highest BCUT2D eigenvalue weighted by Crippen LogP contribution is 2.24. The van der Waals surface area contributed by atoms with E-state index in [4.69, 9.17) is 5.11 Å². The molecule has 138 valence electrons. The summed E-state index contributed by atoms with van der Waals surface area (Å²) in [6, 6.07) is 13.5. The fourth-order valence-corrected chi connectivity index (χ4v) is 2.68. The Kier molecular flexibility index (Phi) is 6.68. The van der Waals surface area contributed by atoms with Crippen molar-refractivity contribution in [1.29, 1.82) is 0 Å². The van der Waals surface area contributed by atoms with Crippen LogP contribution in [0.4, 0.5) is 0 Å². The number of nitrogens with zero attached hydrogens (tertiary/aromatic N) is 2. The lowest BCUT2D eigenvalue weighted by Gasteiger charge is -2.25. The third-order valence-electron chi connectivity index (χ3n) is 4.30. The maximum atomic E-state index is 11.2. The predicted octanol–water partition coefficient (Wildman–Crippen LogP) is 3.13. The first kappa shape index (κ1) is 19.4. The third-order valence-corrected chi connectivity index (χ3v) is 4.30. The molecule has 26 heavy (non-hydrogen) atoms. The molecule has 0 aliphatic heterocycles. The lowest BCUT2D eigenvalue weighted by molar-refractivity contribution is 0.0692. The number of aryl methyl sites for hydroxylation is 1. The maximum absolute atomic E-state index is 11.2. The molecule has 0 amide bonds. The number of carboxylic acids is 1. The zero-order chi connectivity index (χ0) is 19.1. The molecule has 2 atom stereocenters. The van der Waals surface area contributed by atoms with Crippen molar-refractivity contribution in [3.63, 3.8) is 0 Å². The van der Waals surface area contributed by atoms with Gasteiger partial charge >= 0.3 is 5.97 Å². The Balaban J connectivity index is 2.01. The molecule has 7 heteroatoms. The van der Waals surface area contributed by atoms with Crippen molar-refractivity contribution in [3.05, 3.63) is 70.1 Å². The van der Waals surface area contributed by atoms with Gasteiger partial charge in [-0.15, -0.1) is 4.91 Å². The van der Waals surface area contributed by atoms with Crippen LogP contribution in [0.2, 0.25) is 0 Å². The molecule has 0 fully saturated rings. The number of aromatic carboxylic acids is 1. The fraction of sp³-hybridized carbons (Fsp3) is 0.316. The van der Waals surface area contributed by atoms with Crippen molar-refractivity contribution < 1.29 is 20.1 Å². The lowest BCUT2D eigenvalue weighted by Crippen LogP contribution is -2.32. The van der Waals surface area contributed by atoms with Crippen LogP contribution in [0.1, 0.15) is 40.9 Å². The fourth-order valence-electron chi connectivity index (χ4n) is 2.68. The quantitative estimate of drug-likeness (QED) is 0.469. The van der Waals surface area contributed by atoms with E-state index in [1.54, 1.807) is 0 Å². The summed E-state index contributed by atoms with van der Waals surface area (Å²) in [6.45, 7) is 1.78. The van der Waals surface area contributed by atoms with E-state index in [0.717, 1.165) is 12.0 Å². The molecule has 2 rings (SSSR count). The van der Waals surface area contributed by atoms with E-state index >= 15 is 0 Å². The molecule has 0 spiro atoms. The van der Waals surface area contributed by atoms with Crippen LogP contribution < -0.4 is 0 Å². The summed E-state index contributed by atoms with van der Waals surface area (Å²) < 4.78 is 0. The molecule has 0 aliphatic rings. The molecular formula is C19H22N2O5. The second kappa shape index (κ2) is 8.96. The van der Waals surface area contributed by atoms with Crippen molar-refractivity contribution >= 4 is 5.97 Å². The Hall–Kier alpha value is -2.93. The molecule has 0 heterocycles. The van der Waals surface area contributed by atoms with Crippen LogP contribution in [-0.2, 0) is 6.42 Å². The molecule has 7 nitrogen and oxygen atoms in total. The van der Waals surface area contributed by atoms with Crippen molar-refractivity contribution in [2.24, 2.45) is 5.29 Å². The smallest absolute Gasteiger partial charge is 0.339 e. The van der Waals surface area contributed by atoms with Gasteiger partial charge in [0.2, 0.25) is 0 Å². The first-order valence-corrected chi connectivity index (χ1v) is 8.30. The van der Waals surface area contributed by atoms with Gasteiger partial charge in [-0.3, -0.25) is 5.01 Å². The first-order chi connectivity index (χ1) is 12.4. The largest absolute Gasteiger partial charge is 0.507 e. The summed E-state index contributed by atoms with van der Waals surface area (Å²) in [4.78, 5) is 22.3. The van der Waals surface area contributed by atoms with Crippen molar-refractivity contribution in [1.82, 2.24) is 5.01 Å². The normalized spacial score (nSPS) is 13.0. The van der Waals surface area contributed by atoms with Gasteiger partial charge in [-0.1, -0.05) is 36.4 Å². The average molecular weight is 358 g/mol. The van der Waals surface area contributed by atoms with E-state index in [-0.39, 0.29) is 23.9 Å². The number of rotatable bonds is 9. The molecule has 0 aliphatic carbocycles. The zero-order valence-corrected chi connectivity index (χ0v) is 14.4. The molecule has 0 saturated carbocycles. The molecule has 2 unspecified atom stereocenters. The SMILES string of the molecule is CC(CCc1ccccc1)N(CC(O)c1ccc(O)c(C(=O)O)c1)N=O. The number of nitroso groups, excluding NO2 is 1. The summed E-state index contributed by atoms with van der Waals surface area (Å²) in [5.74, 6) is -1.67. The molecule has 0 aromatic heterocycles. The second-order valence-electron chi connectivity index (χ2n) is 6.17. The zero-order valence-electron chi connectivity index (χ0n) is 14.4. The first-order valence-electron chi connectivity index (χ1n) is 8.30. The highest BCUT2D eigenvalue weighted by atomic mass is 16.4. The van der Waals surface area contributed by atoms with Crippen LogP contribution in [0, 0.1) is 4.91 Å². The van der Waals surface area contributed by atoms with Crippen LogP contribution in [0.3, 0.4) is 0 Å². The maximum Gasteiger partial charge on any atom is 0.339 e. The van der Waals surface area contributed by atoms with Crippen molar-refractivity contribution in [3.8, 4) is 5.75 Å². The van der Waals surface area contributed by atoms with Gasteiger partial charge in [0.25, 0.3) is 0 Å². The topological polar surface area (TPSA) is 110 Å². The Labute approximate surface area is 151 Å². The minimum absolute atomic E-state index is 0.0662. The minimum Gasteiger partial charge on any atom is -0.507 e. The van der Waals surface area contributed by atoms with E-state index < -0.39 is 12.1 Å². The van der Waals surface area contributed by atoms with Crippen molar-refractivity contribution in [2.45, 2.75) is 31.9 Å². The minimum atomic E-state index is -1.29. The summed E-state index contributed by atoms with van der Waals surface area (Å²) in [6.07, 6.45) is 0.343. The second-order valence-corrected chi connectivity index (χ2v) is 6.17. The van der Waals surface area contributed by atoms with Gasteiger partial charge < -0.3 is 15.3 Å². The summed E-state index contributed by atoms with van der Waals surface area (Å²) in [7, 11) is 0. The van der Waals surface area contributed by atoms with Crippen LogP contribution in [-0.4, -0.2) is 38.9 Å². The number of carbonyl (C=O) groups is 1. The number of phenols is 1. The van der Waals surface area contributed by atoms with Gasteiger partial charge in [-0.25, -0.2) is 4.79 Å². The monoisotopic (exact) mass is 358 g/mol. The average Bonchev–Trinajstić information content (AvgIpc) is 2.64. The number of aromatic hydroxyl groups is 1. The molecule has 0 radical (unpaired) electrons. The van der Waals surface area contributed by atoms with E-state index in [1.165, 1.54) is 23.2 Å². The van der Waals surface area contributed by atoms with Gasteiger partial charge in [-0.05, 0) is 43.0 Å². The van der Waals surface area contributed by atoms with Crippen LogP contribution >= 0.6 is 0 Å². The van der Waals surface area contributed by atoms with Crippen LogP contribution in [0.25, 0.3) is 0 Å². The number of aliphatic hydroxyl groups excluding tert-OH is 1. The highest BCUT2D eigenvalue weighted by Gasteiger charge is 2.20. The molecule has 2 aromatic carbocycles. The molecule has 0 bridgehead atoms. The molecule has 2 aromatic rings. The molecule has 0 saturated heterocycles.